The summed E-state index contributed by atoms with van der Waals surface area (Å²) < 4.78 is 0. The molecule has 2 rings (SSSR count). The number of nitrogens with zero attached hydrogens (tertiary/aromatic N) is 2. The second kappa shape index (κ2) is 6.36. The van der Waals surface area contributed by atoms with E-state index in [4.69, 9.17) is 0 Å². The van der Waals surface area contributed by atoms with Gasteiger partial charge in [0, 0.05) is 26.2 Å². The molecule has 0 unspecified atom stereocenters. The zero-order chi connectivity index (χ0) is 12.1. The fourth-order valence-corrected chi connectivity index (χ4v) is 2.74. The normalized spacial score (nSPS) is 27.8. The largest absolute Gasteiger partial charge is 0.392 e. The first-order valence-electron chi connectivity index (χ1n) is 6.94. The van der Waals surface area contributed by atoms with E-state index in [0.717, 1.165) is 38.9 Å². The third-order valence-electron chi connectivity index (χ3n) is 3.82. The summed E-state index contributed by atoms with van der Waals surface area (Å²) in [6.07, 6.45) is 6.71. The molecule has 2 heterocycles. The Labute approximate surface area is 104 Å². The van der Waals surface area contributed by atoms with Crippen LogP contribution in [0.5, 0.6) is 0 Å². The molecule has 2 aliphatic rings. The van der Waals surface area contributed by atoms with E-state index >= 15 is 0 Å². The van der Waals surface area contributed by atoms with Crippen LogP contribution in [-0.2, 0) is 4.79 Å². The second-order valence-electron chi connectivity index (χ2n) is 5.33. The Hall–Kier alpha value is -0.610. The van der Waals surface area contributed by atoms with Crippen molar-refractivity contribution in [3.63, 3.8) is 0 Å². The number of amides is 1. The predicted molar refractivity (Wildman–Crippen MR) is 66.7 cm³/mol. The number of carbonyl (C=O) groups excluding carboxylic acids is 1. The van der Waals surface area contributed by atoms with Crippen molar-refractivity contribution in [3.05, 3.63) is 0 Å². The molecule has 0 bridgehead atoms. The molecule has 0 saturated carbocycles. The molecule has 4 heteroatoms. The van der Waals surface area contributed by atoms with E-state index in [2.05, 4.69) is 4.90 Å². The number of carbonyl (C=O) groups is 1. The molecule has 0 aromatic rings. The van der Waals surface area contributed by atoms with Gasteiger partial charge >= 0.3 is 0 Å². The molecule has 2 saturated heterocycles. The lowest BCUT2D eigenvalue weighted by Crippen LogP contribution is -2.41. The highest BCUT2D eigenvalue weighted by Gasteiger charge is 2.24. The molecule has 1 N–H and O–H groups in total. The Kier molecular flexibility index (Phi) is 4.80. The number of aliphatic hydroxyl groups is 1. The topological polar surface area (TPSA) is 43.8 Å². The number of hydrogen-bond donors (Lipinski definition) is 1. The minimum Gasteiger partial charge on any atom is -0.392 e. The predicted octanol–water partition coefficient (Wildman–Crippen LogP) is 0.846. The third kappa shape index (κ3) is 3.96. The van der Waals surface area contributed by atoms with E-state index in [1.54, 1.807) is 0 Å². The molecule has 2 aliphatic heterocycles. The van der Waals surface area contributed by atoms with E-state index in [9.17, 15) is 9.90 Å². The molecule has 4 nitrogen and oxygen atoms in total. The smallest absolute Gasteiger partial charge is 0.236 e. The van der Waals surface area contributed by atoms with E-state index in [1.807, 2.05) is 4.90 Å². The van der Waals surface area contributed by atoms with Gasteiger partial charge in [-0.05, 0) is 19.3 Å². The number of rotatable bonds is 2. The fraction of sp³-hybridized carbons (Fsp3) is 0.923. The maximum Gasteiger partial charge on any atom is 0.236 e. The van der Waals surface area contributed by atoms with Gasteiger partial charge in [0.1, 0.15) is 0 Å². The van der Waals surface area contributed by atoms with Gasteiger partial charge in [-0.2, -0.15) is 0 Å². The maximum absolute atomic E-state index is 12.1. The molecule has 0 aliphatic carbocycles. The van der Waals surface area contributed by atoms with Crippen molar-refractivity contribution in [2.24, 2.45) is 0 Å². The van der Waals surface area contributed by atoms with Gasteiger partial charge in [-0.15, -0.1) is 0 Å². The van der Waals surface area contributed by atoms with Crippen molar-refractivity contribution in [1.82, 2.24) is 9.80 Å². The zero-order valence-electron chi connectivity index (χ0n) is 10.6. The zero-order valence-corrected chi connectivity index (χ0v) is 10.6. The van der Waals surface area contributed by atoms with Crippen LogP contribution in [0.2, 0.25) is 0 Å². The molecule has 98 valence electrons. The number of β-amino-alcohol motifs (C(OH)–C–C–N with tert-alkyl or cyclic N) is 1. The SMILES string of the molecule is O=C(CN1CC[C@@H](O)C1)N1CCCCCCC1. The van der Waals surface area contributed by atoms with Crippen molar-refractivity contribution >= 4 is 5.91 Å². The number of hydrogen-bond acceptors (Lipinski definition) is 3. The fourth-order valence-electron chi connectivity index (χ4n) is 2.74. The maximum atomic E-state index is 12.1. The molecular formula is C13H24N2O2. The lowest BCUT2D eigenvalue weighted by Gasteiger charge is -2.26. The van der Waals surface area contributed by atoms with Gasteiger partial charge in [0.15, 0.2) is 0 Å². The van der Waals surface area contributed by atoms with Crippen molar-refractivity contribution in [1.29, 1.82) is 0 Å². The monoisotopic (exact) mass is 240 g/mol. The minimum atomic E-state index is -0.227. The first kappa shape index (κ1) is 12.8. The first-order chi connectivity index (χ1) is 8.25. The van der Waals surface area contributed by atoms with Gasteiger partial charge in [0.2, 0.25) is 5.91 Å². The quantitative estimate of drug-likeness (QED) is 0.778. The molecular weight excluding hydrogens is 216 g/mol. The lowest BCUT2D eigenvalue weighted by atomic mass is 10.1. The second-order valence-corrected chi connectivity index (χ2v) is 5.33. The number of aliphatic hydroxyl groups excluding tert-OH is 1. The third-order valence-corrected chi connectivity index (χ3v) is 3.82. The molecule has 1 atom stereocenters. The summed E-state index contributed by atoms with van der Waals surface area (Å²) in [4.78, 5) is 16.2. The summed E-state index contributed by atoms with van der Waals surface area (Å²) in [6.45, 7) is 3.88. The van der Waals surface area contributed by atoms with Gasteiger partial charge in [0.25, 0.3) is 0 Å². The summed E-state index contributed by atoms with van der Waals surface area (Å²) in [5, 5.41) is 9.44. The van der Waals surface area contributed by atoms with E-state index < -0.39 is 0 Å². The van der Waals surface area contributed by atoms with Gasteiger partial charge in [0.05, 0.1) is 12.6 Å². The average molecular weight is 240 g/mol. The minimum absolute atomic E-state index is 0.227. The van der Waals surface area contributed by atoms with E-state index in [0.29, 0.717) is 13.1 Å². The van der Waals surface area contributed by atoms with Crippen LogP contribution in [0.1, 0.15) is 38.5 Å². The highest BCUT2D eigenvalue weighted by molar-refractivity contribution is 5.78. The summed E-state index contributed by atoms with van der Waals surface area (Å²) in [7, 11) is 0. The molecule has 0 radical (unpaired) electrons. The summed E-state index contributed by atoms with van der Waals surface area (Å²) in [5.74, 6) is 0.251. The highest BCUT2D eigenvalue weighted by Crippen LogP contribution is 2.12. The van der Waals surface area contributed by atoms with Crippen LogP contribution >= 0.6 is 0 Å². The average Bonchev–Trinajstić information content (AvgIpc) is 2.63. The lowest BCUT2D eigenvalue weighted by molar-refractivity contribution is -0.132. The Morgan fingerprint density at radius 1 is 1.06 bits per heavy atom. The Bertz CT molecular complexity index is 250. The Morgan fingerprint density at radius 3 is 2.29 bits per heavy atom. The van der Waals surface area contributed by atoms with Gasteiger partial charge in [-0.1, -0.05) is 19.3 Å². The number of likely N-dealkylation sites (tertiary alicyclic amines) is 2. The van der Waals surface area contributed by atoms with Crippen LogP contribution in [0.15, 0.2) is 0 Å². The first-order valence-corrected chi connectivity index (χ1v) is 6.94. The summed E-state index contributed by atoms with van der Waals surface area (Å²) in [5.41, 5.74) is 0. The van der Waals surface area contributed by atoms with Crippen LogP contribution in [0.4, 0.5) is 0 Å². The van der Waals surface area contributed by atoms with Crippen molar-refractivity contribution in [3.8, 4) is 0 Å². The van der Waals surface area contributed by atoms with Crippen LogP contribution in [-0.4, -0.2) is 59.6 Å². The van der Waals surface area contributed by atoms with E-state index in [1.165, 1.54) is 19.3 Å². The van der Waals surface area contributed by atoms with Crippen LogP contribution in [0.25, 0.3) is 0 Å². The molecule has 2 fully saturated rings. The van der Waals surface area contributed by atoms with Crippen LogP contribution in [0.3, 0.4) is 0 Å². The van der Waals surface area contributed by atoms with Crippen molar-refractivity contribution in [2.75, 3.05) is 32.7 Å². The Morgan fingerprint density at radius 2 is 1.71 bits per heavy atom. The molecule has 17 heavy (non-hydrogen) atoms. The molecule has 0 aromatic heterocycles. The molecule has 0 aromatic carbocycles. The van der Waals surface area contributed by atoms with Crippen molar-refractivity contribution in [2.45, 2.75) is 44.6 Å². The van der Waals surface area contributed by atoms with Gasteiger partial charge < -0.3 is 10.0 Å². The van der Waals surface area contributed by atoms with Gasteiger partial charge in [-0.25, -0.2) is 0 Å². The standard InChI is InChI=1S/C13H24N2O2/c16-12-6-9-14(10-12)11-13(17)15-7-4-2-1-3-5-8-15/h12,16H,1-11H2/t12-/m1/s1. The van der Waals surface area contributed by atoms with Crippen molar-refractivity contribution < 1.29 is 9.90 Å². The highest BCUT2D eigenvalue weighted by atomic mass is 16.3. The van der Waals surface area contributed by atoms with Crippen LogP contribution < -0.4 is 0 Å². The van der Waals surface area contributed by atoms with Gasteiger partial charge in [-0.3, -0.25) is 9.69 Å². The molecule has 1 amide bonds. The molecule has 0 spiro atoms. The Balaban J connectivity index is 1.77. The van der Waals surface area contributed by atoms with E-state index in [-0.39, 0.29) is 12.0 Å². The summed E-state index contributed by atoms with van der Waals surface area (Å²) >= 11 is 0. The van der Waals surface area contributed by atoms with Crippen LogP contribution in [0, 0.1) is 0 Å². The summed E-state index contributed by atoms with van der Waals surface area (Å²) in [6, 6.07) is 0.